The van der Waals surface area contributed by atoms with Crippen LogP contribution in [0.25, 0.3) is 0 Å². The van der Waals surface area contributed by atoms with E-state index < -0.39 is 7.54 Å². The molecule has 0 amide bonds. The molecule has 2 atom stereocenters. The molecule has 2 fully saturated rings. The molecule has 4 nitrogen and oxygen atoms in total. The lowest BCUT2D eigenvalue weighted by atomic mass is 10.2. The molecule has 2 unspecified atom stereocenters. The molecule has 0 spiro atoms. The van der Waals surface area contributed by atoms with Crippen molar-refractivity contribution < 1.29 is 27.1 Å². The van der Waals surface area contributed by atoms with Gasteiger partial charge in [-0.1, -0.05) is 0 Å². The van der Waals surface area contributed by atoms with Crippen LogP contribution in [0.2, 0.25) is 0 Å². The van der Waals surface area contributed by atoms with E-state index in [4.69, 9.17) is 9.47 Å². The first-order chi connectivity index (χ1) is 10.1. The first-order valence-corrected chi connectivity index (χ1v) is 7.45. The van der Waals surface area contributed by atoms with Crippen LogP contribution in [-0.4, -0.2) is 62.5 Å². The van der Waals surface area contributed by atoms with Gasteiger partial charge in [0.1, 0.15) is 0 Å². The minimum atomic E-state index is -3.67. The normalized spacial score (nSPS) is 26.7. The minimum Gasteiger partial charge on any atom is -1.00 e. The maximum Gasteiger partial charge on any atom is 0.762 e. The zero-order valence-electron chi connectivity index (χ0n) is 12.5. The lowest BCUT2D eigenvalue weighted by Crippen LogP contribution is -3.00. The highest BCUT2D eigenvalue weighted by Gasteiger charge is 2.23. The van der Waals surface area contributed by atoms with Crippen LogP contribution in [0, 0.1) is 0 Å². The number of nitrogens with zero attached hydrogens (tertiary/aromatic N) is 2. The molecule has 2 saturated heterocycles. The predicted molar refractivity (Wildman–Crippen MR) is 74.4 cm³/mol. The molecule has 3 heterocycles. The van der Waals surface area contributed by atoms with Gasteiger partial charge in [0.05, 0.1) is 18.9 Å². The van der Waals surface area contributed by atoms with Gasteiger partial charge < -0.3 is 24.0 Å². The summed E-state index contributed by atoms with van der Waals surface area (Å²) < 4.78 is 40.3. The number of ether oxygens (including phenoxy) is 2. The van der Waals surface area contributed by atoms with E-state index in [-0.39, 0.29) is 4.70 Å². The van der Waals surface area contributed by atoms with E-state index in [9.17, 15) is 12.9 Å². The summed E-state index contributed by atoms with van der Waals surface area (Å²) in [5.41, 5.74) is 0. The third kappa shape index (κ3) is 6.87. The first-order valence-electron chi connectivity index (χ1n) is 7.45. The molecule has 3 aliphatic rings. The predicted octanol–water partition coefficient (Wildman–Crippen LogP) is -0.725. The summed E-state index contributed by atoms with van der Waals surface area (Å²) in [5.74, 6) is 0. The van der Waals surface area contributed by atoms with Gasteiger partial charge in [0, 0.05) is 38.7 Å². The smallest absolute Gasteiger partial charge is 0.762 e. The molecular weight excluding hydrogens is 303 g/mol. The zero-order chi connectivity index (χ0) is 15.1. The fraction of sp³-hybridized carbons (Fsp3) is 0.846. The van der Waals surface area contributed by atoms with E-state index in [1.807, 2.05) is 0 Å². The molecular formula is C13H22BF4N2O2-. The SMILES string of the molecule is C1=CN(CC2CCCO2)CN1CC1CCCO1.FB(F)F.[F-]. The second-order valence-corrected chi connectivity index (χ2v) is 5.50. The third-order valence-electron chi connectivity index (χ3n) is 3.78. The Morgan fingerprint density at radius 2 is 1.32 bits per heavy atom. The van der Waals surface area contributed by atoms with Gasteiger partial charge in [-0.3, -0.25) is 12.9 Å². The van der Waals surface area contributed by atoms with Gasteiger partial charge in [-0.2, -0.15) is 0 Å². The van der Waals surface area contributed by atoms with Crippen LogP contribution < -0.4 is 4.70 Å². The topological polar surface area (TPSA) is 24.9 Å². The van der Waals surface area contributed by atoms with Gasteiger partial charge in [0.15, 0.2) is 0 Å². The van der Waals surface area contributed by atoms with Crippen LogP contribution in [0.5, 0.6) is 0 Å². The summed E-state index contributed by atoms with van der Waals surface area (Å²) in [6.45, 7) is 4.97. The van der Waals surface area contributed by atoms with Crippen molar-refractivity contribution in [3.8, 4) is 0 Å². The molecule has 0 aromatic rings. The molecule has 0 aromatic heterocycles. The highest BCUT2D eigenvalue weighted by atomic mass is 19.4. The molecule has 0 bridgehead atoms. The Morgan fingerprint density at radius 3 is 1.64 bits per heavy atom. The fourth-order valence-corrected chi connectivity index (χ4v) is 2.85. The molecule has 128 valence electrons. The van der Waals surface area contributed by atoms with Gasteiger partial charge in [0.25, 0.3) is 0 Å². The van der Waals surface area contributed by atoms with E-state index in [1.54, 1.807) is 0 Å². The van der Waals surface area contributed by atoms with Crippen molar-refractivity contribution in [1.29, 1.82) is 0 Å². The fourth-order valence-electron chi connectivity index (χ4n) is 2.85. The largest absolute Gasteiger partial charge is 1.00 e. The Morgan fingerprint density at radius 1 is 0.909 bits per heavy atom. The molecule has 0 N–H and O–H groups in total. The van der Waals surface area contributed by atoms with Gasteiger partial charge in [-0.05, 0) is 25.7 Å². The minimum absolute atomic E-state index is 0. The highest BCUT2D eigenvalue weighted by Crippen LogP contribution is 2.18. The van der Waals surface area contributed by atoms with Crippen molar-refractivity contribution in [1.82, 2.24) is 9.80 Å². The lowest BCUT2D eigenvalue weighted by molar-refractivity contribution is -0.0000108. The van der Waals surface area contributed by atoms with Gasteiger partial charge in [0.2, 0.25) is 0 Å². The van der Waals surface area contributed by atoms with Gasteiger partial charge >= 0.3 is 7.54 Å². The van der Waals surface area contributed by atoms with E-state index >= 15 is 0 Å². The van der Waals surface area contributed by atoms with Crippen LogP contribution in [0.4, 0.5) is 12.9 Å². The van der Waals surface area contributed by atoms with Crippen molar-refractivity contribution in [3.05, 3.63) is 12.4 Å². The average molecular weight is 325 g/mol. The number of hydrogen-bond acceptors (Lipinski definition) is 4. The molecule has 22 heavy (non-hydrogen) atoms. The number of rotatable bonds is 4. The Labute approximate surface area is 128 Å². The van der Waals surface area contributed by atoms with E-state index in [2.05, 4.69) is 22.2 Å². The molecule has 0 aromatic carbocycles. The summed E-state index contributed by atoms with van der Waals surface area (Å²) in [7, 11) is -3.67. The molecule has 0 saturated carbocycles. The first kappa shape index (κ1) is 19.1. The van der Waals surface area contributed by atoms with Crippen LogP contribution in [-0.2, 0) is 9.47 Å². The van der Waals surface area contributed by atoms with E-state index in [0.717, 1.165) is 33.0 Å². The van der Waals surface area contributed by atoms with Crippen LogP contribution in [0.1, 0.15) is 25.7 Å². The quantitative estimate of drug-likeness (QED) is 0.503. The zero-order valence-corrected chi connectivity index (χ0v) is 12.5. The van der Waals surface area contributed by atoms with Crippen molar-refractivity contribution >= 4 is 7.54 Å². The average Bonchev–Trinajstić information content (AvgIpc) is 3.13. The van der Waals surface area contributed by atoms with Crippen LogP contribution in [0.15, 0.2) is 12.4 Å². The standard InChI is InChI=1S/C13H22N2O2.BF3.FH/c1-3-12(16-7-1)9-14-5-6-15(11-14)10-13-4-2-8-17-13;2-1(3)4;/h5-6,12-13H,1-4,7-11H2;;1H/p-1. The summed E-state index contributed by atoms with van der Waals surface area (Å²) in [4.78, 5) is 4.70. The van der Waals surface area contributed by atoms with Gasteiger partial charge in [-0.15, -0.1) is 0 Å². The highest BCUT2D eigenvalue weighted by molar-refractivity contribution is 6.33. The van der Waals surface area contributed by atoms with Crippen molar-refractivity contribution in [2.75, 3.05) is 33.0 Å². The second-order valence-electron chi connectivity index (χ2n) is 5.50. The van der Waals surface area contributed by atoms with Crippen molar-refractivity contribution in [2.24, 2.45) is 0 Å². The second kappa shape index (κ2) is 9.94. The van der Waals surface area contributed by atoms with E-state index in [0.29, 0.717) is 12.2 Å². The maximum absolute atomic E-state index is 9.67. The summed E-state index contributed by atoms with van der Waals surface area (Å²) >= 11 is 0. The van der Waals surface area contributed by atoms with Crippen molar-refractivity contribution in [2.45, 2.75) is 37.9 Å². The monoisotopic (exact) mass is 325 g/mol. The molecule has 0 aliphatic carbocycles. The van der Waals surface area contributed by atoms with E-state index in [1.165, 1.54) is 25.7 Å². The Balaban J connectivity index is 0.000000436. The van der Waals surface area contributed by atoms with Gasteiger partial charge in [-0.25, -0.2) is 0 Å². The Kier molecular flexibility index (Phi) is 8.63. The molecule has 3 rings (SSSR count). The Bertz CT molecular complexity index is 298. The van der Waals surface area contributed by atoms with Crippen LogP contribution in [0.3, 0.4) is 0 Å². The number of hydrogen-bond donors (Lipinski definition) is 0. The summed E-state index contributed by atoms with van der Waals surface area (Å²) in [6, 6.07) is 0. The Hall–Kier alpha value is -0.955. The lowest BCUT2D eigenvalue weighted by Gasteiger charge is -2.25. The number of halogens is 4. The molecule has 3 aliphatic heterocycles. The molecule has 0 radical (unpaired) electrons. The summed E-state index contributed by atoms with van der Waals surface area (Å²) in [5, 5.41) is 0. The third-order valence-corrected chi connectivity index (χ3v) is 3.78. The van der Waals surface area contributed by atoms with Crippen LogP contribution >= 0.6 is 0 Å². The maximum atomic E-state index is 9.67. The van der Waals surface area contributed by atoms with Crippen molar-refractivity contribution in [3.63, 3.8) is 0 Å². The summed E-state index contributed by atoms with van der Waals surface area (Å²) in [6.07, 6.45) is 10.2. The molecule has 9 heteroatoms.